The molecule has 2 aromatic rings. The molecule has 1 fully saturated rings. The van der Waals surface area contributed by atoms with Gasteiger partial charge in [0.25, 0.3) is 0 Å². The van der Waals surface area contributed by atoms with Gasteiger partial charge in [0.2, 0.25) is 5.91 Å². The second-order valence-corrected chi connectivity index (χ2v) is 6.99. The number of urea groups is 1. The Morgan fingerprint density at radius 3 is 2.58 bits per heavy atom. The summed E-state index contributed by atoms with van der Waals surface area (Å²) in [5, 5.41) is 7.53. The Hall–Kier alpha value is -2.40. The lowest BCUT2D eigenvalue weighted by atomic mass is 10.0. The van der Waals surface area contributed by atoms with Crippen LogP contribution in [0.25, 0.3) is 10.8 Å². The number of amides is 3. The molecule has 1 aliphatic carbocycles. The van der Waals surface area contributed by atoms with E-state index in [9.17, 15) is 9.59 Å². The Balaban J connectivity index is 1.68. The number of hydrogen-bond donors (Lipinski definition) is 2. The van der Waals surface area contributed by atoms with E-state index in [2.05, 4.69) is 52.8 Å². The zero-order valence-corrected chi connectivity index (χ0v) is 15.5. The highest BCUT2D eigenvalue weighted by molar-refractivity contribution is 5.95. The minimum absolute atomic E-state index is 0.122. The summed E-state index contributed by atoms with van der Waals surface area (Å²) in [7, 11) is 0. The van der Waals surface area contributed by atoms with E-state index >= 15 is 0 Å². The van der Waals surface area contributed by atoms with Gasteiger partial charge in [-0.25, -0.2) is 4.79 Å². The van der Waals surface area contributed by atoms with Gasteiger partial charge in [-0.2, -0.15) is 0 Å². The highest BCUT2D eigenvalue weighted by Gasteiger charge is 2.34. The molecule has 0 aromatic heterocycles. The number of benzene rings is 2. The van der Waals surface area contributed by atoms with Crippen LogP contribution in [0.4, 0.5) is 4.79 Å². The zero-order chi connectivity index (χ0) is 18.5. The number of nitrogens with one attached hydrogen (secondary N) is 2. The third-order valence-electron chi connectivity index (χ3n) is 4.88. The first kappa shape index (κ1) is 18.4. The number of rotatable bonds is 7. The van der Waals surface area contributed by atoms with Gasteiger partial charge < -0.3 is 5.32 Å². The van der Waals surface area contributed by atoms with Crippen molar-refractivity contribution in [2.45, 2.75) is 45.2 Å². The lowest BCUT2D eigenvalue weighted by Crippen LogP contribution is -2.45. The standard InChI is InChI=1S/C21H27N3O2/c1-3-12-22-21(26)23-20(25)14-24(19-10-11-19)15(2)17-9-8-16-6-4-5-7-18(16)13-17/h4-9,13,15,19H,3,10-12,14H2,1-2H3,(H2,22,23,25,26). The van der Waals surface area contributed by atoms with E-state index in [0.717, 1.165) is 19.3 Å². The molecular formula is C21H27N3O2. The fourth-order valence-electron chi connectivity index (χ4n) is 3.26. The van der Waals surface area contributed by atoms with E-state index < -0.39 is 6.03 Å². The van der Waals surface area contributed by atoms with Crippen LogP contribution >= 0.6 is 0 Å². The number of fused-ring (bicyclic) bond motifs is 1. The van der Waals surface area contributed by atoms with E-state index in [-0.39, 0.29) is 18.5 Å². The van der Waals surface area contributed by atoms with Gasteiger partial charge in [0, 0.05) is 18.6 Å². The molecule has 0 bridgehead atoms. The lowest BCUT2D eigenvalue weighted by Gasteiger charge is -2.29. The number of hydrogen-bond acceptors (Lipinski definition) is 3. The quantitative estimate of drug-likeness (QED) is 0.799. The molecule has 0 heterocycles. The van der Waals surface area contributed by atoms with E-state index in [4.69, 9.17) is 0 Å². The minimum Gasteiger partial charge on any atom is -0.338 e. The predicted octanol–water partition coefficient (Wildman–Crippen LogP) is 3.60. The molecule has 5 heteroatoms. The molecule has 1 aliphatic rings. The van der Waals surface area contributed by atoms with E-state index in [1.165, 1.54) is 16.3 Å². The number of carbonyl (C=O) groups is 2. The molecule has 1 unspecified atom stereocenters. The molecule has 3 amide bonds. The van der Waals surface area contributed by atoms with Crippen LogP contribution in [0.2, 0.25) is 0 Å². The summed E-state index contributed by atoms with van der Waals surface area (Å²) < 4.78 is 0. The van der Waals surface area contributed by atoms with Crippen LogP contribution in [-0.4, -0.2) is 36.0 Å². The lowest BCUT2D eigenvalue weighted by molar-refractivity contribution is -0.121. The molecule has 5 nitrogen and oxygen atoms in total. The van der Waals surface area contributed by atoms with Gasteiger partial charge in [-0.15, -0.1) is 0 Å². The molecule has 138 valence electrons. The normalized spacial score (nSPS) is 15.0. The van der Waals surface area contributed by atoms with Gasteiger partial charge in [-0.1, -0.05) is 43.3 Å². The maximum Gasteiger partial charge on any atom is 0.321 e. The van der Waals surface area contributed by atoms with Crippen molar-refractivity contribution in [1.29, 1.82) is 0 Å². The second-order valence-electron chi connectivity index (χ2n) is 6.99. The van der Waals surface area contributed by atoms with Crippen molar-refractivity contribution in [2.24, 2.45) is 0 Å². The summed E-state index contributed by atoms with van der Waals surface area (Å²) in [6.45, 7) is 4.91. The summed E-state index contributed by atoms with van der Waals surface area (Å²) in [6, 6.07) is 14.9. The molecule has 2 N–H and O–H groups in total. The first-order chi connectivity index (χ1) is 12.6. The van der Waals surface area contributed by atoms with Crippen LogP contribution in [0.3, 0.4) is 0 Å². The smallest absolute Gasteiger partial charge is 0.321 e. The highest BCUT2D eigenvalue weighted by Crippen LogP contribution is 2.34. The Labute approximate surface area is 154 Å². The van der Waals surface area contributed by atoms with Crippen molar-refractivity contribution >= 4 is 22.7 Å². The maximum atomic E-state index is 12.3. The third-order valence-corrected chi connectivity index (χ3v) is 4.88. The average molecular weight is 353 g/mol. The monoisotopic (exact) mass is 353 g/mol. The van der Waals surface area contributed by atoms with Crippen LogP contribution in [0.1, 0.15) is 44.7 Å². The first-order valence-corrected chi connectivity index (χ1v) is 9.40. The van der Waals surface area contributed by atoms with Gasteiger partial charge >= 0.3 is 6.03 Å². The van der Waals surface area contributed by atoms with Crippen molar-refractivity contribution in [1.82, 2.24) is 15.5 Å². The summed E-state index contributed by atoms with van der Waals surface area (Å²) in [4.78, 5) is 26.2. The second kappa shape index (κ2) is 8.32. The third kappa shape index (κ3) is 4.61. The largest absolute Gasteiger partial charge is 0.338 e. The van der Waals surface area contributed by atoms with Crippen LogP contribution in [-0.2, 0) is 4.79 Å². The molecule has 0 spiro atoms. The van der Waals surface area contributed by atoms with Gasteiger partial charge in [0.1, 0.15) is 0 Å². The van der Waals surface area contributed by atoms with Gasteiger partial charge in [0.05, 0.1) is 6.54 Å². The van der Waals surface area contributed by atoms with E-state index in [0.29, 0.717) is 12.6 Å². The van der Waals surface area contributed by atoms with Crippen molar-refractivity contribution in [2.75, 3.05) is 13.1 Å². The van der Waals surface area contributed by atoms with Gasteiger partial charge in [-0.05, 0) is 48.6 Å². The molecule has 1 atom stereocenters. The number of nitrogens with zero attached hydrogens (tertiary/aromatic N) is 1. The van der Waals surface area contributed by atoms with Gasteiger partial charge in [0.15, 0.2) is 0 Å². The Kier molecular flexibility index (Phi) is 5.89. The van der Waals surface area contributed by atoms with Crippen LogP contribution in [0.5, 0.6) is 0 Å². The molecule has 0 radical (unpaired) electrons. The van der Waals surface area contributed by atoms with Crippen molar-refractivity contribution < 1.29 is 9.59 Å². The highest BCUT2D eigenvalue weighted by atomic mass is 16.2. The molecule has 2 aromatic carbocycles. The first-order valence-electron chi connectivity index (χ1n) is 9.40. The number of carbonyl (C=O) groups excluding carboxylic acids is 2. The number of imide groups is 1. The van der Waals surface area contributed by atoms with E-state index in [1.807, 2.05) is 19.1 Å². The summed E-state index contributed by atoms with van der Waals surface area (Å²) in [5.41, 5.74) is 1.19. The van der Waals surface area contributed by atoms with Crippen molar-refractivity contribution in [3.8, 4) is 0 Å². The molecule has 3 rings (SSSR count). The Morgan fingerprint density at radius 1 is 1.15 bits per heavy atom. The fraction of sp³-hybridized carbons (Fsp3) is 0.429. The SMILES string of the molecule is CCCNC(=O)NC(=O)CN(C1CC1)C(C)c1ccc2ccccc2c1. The molecule has 0 aliphatic heterocycles. The molecular weight excluding hydrogens is 326 g/mol. The predicted molar refractivity (Wildman–Crippen MR) is 104 cm³/mol. The summed E-state index contributed by atoms with van der Waals surface area (Å²) in [5.74, 6) is -0.252. The minimum atomic E-state index is -0.411. The van der Waals surface area contributed by atoms with Crippen LogP contribution in [0.15, 0.2) is 42.5 Å². The zero-order valence-electron chi connectivity index (χ0n) is 15.5. The fourth-order valence-corrected chi connectivity index (χ4v) is 3.26. The topological polar surface area (TPSA) is 61.4 Å². The molecule has 0 saturated heterocycles. The van der Waals surface area contributed by atoms with Gasteiger partial charge in [-0.3, -0.25) is 15.0 Å². The maximum absolute atomic E-state index is 12.3. The van der Waals surface area contributed by atoms with Crippen molar-refractivity contribution in [3.63, 3.8) is 0 Å². The van der Waals surface area contributed by atoms with Crippen LogP contribution < -0.4 is 10.6 Å². The molecule has 1 saturated carbocycles. The Morgan fingerprint density at radius 2 is 1.88 bits per heavy atom. The summed E-state index contributed by atoms with van der Waals surface area (Å²) >= 11 is 0. The van der Waals surface area contributed by atoms with Crippen LogP contribution in [0, 0.1) is 0 Å². The van der Waals surface area contributed by atoms with Crippen molar-refractivity contribution in [3.05, 3.63) is 48.0 Å². The Bertz CT molecular complexity index is 786. The van der Waals surface area contributed by atoms with E-state index in [1.54, 1.807) is 0 Å². The summed E-state index contributed by atoms with van der Waals surface area (Å²) in [6.07, 6.45) is 3.05. The molecule has 26 heavy (non-hydrogen) atoms. The average Bonchev–Trinajstić information content (AvgIpc) is 3.48.